The average Bonchev–Trinajstić information content (AvgIpc) is 2.53. The molecule has 0 radical (unpaired) electrons. The Morgan fingerprint density at radius 1 is 1.08 bits per heavy atom. The van der Waals surface area contributed by atoms with Crippen LogP contribution in [0.1, 0.15) is 19.4 Å². The van der Waals surface area contributed by atoms with Crippen LogP contribution in [0.2, 0.25) is 0 Å². The monoisotopic (exact) mass is 360 g/mol. The number of sulfonamides is 1. The summed E-state index contributed by atoms with van der Waals surface area (Å²) >= 11 is 0. The van der Waals surface area contributed by atoms with Crippen LogP contribution in [-0.2, 0) is 25.2 Å². The third kappa shape index (κ3) is 6.52. The van der Waals surface area contributed by atoms with E-state index < -0.39 is 20.7 Å². The maximum Gasteiger partial charge on any atom is 0.273 e. The number of hydrogen-bond donors (Lipinski definition) is 0. The summed E-state index contributed by atoms with van der Waals surface area (Å²) in [5, 5.41) is 11.1. The van der Waals surface area contributed by atoms with Gasteiger partial charge in [0, 0.05) is 37.9 Å². The van der Waals surface area contributed by atoms with Crippen molar-refractivity contribution in [2.45, 2.75) is 19.6 Å². The molecule has 0 atom stereocenters. The number of nitro benzene ring substituents is 1. The second kappa shape index (κ2) is 10.3. The molecule has 24 heavy (non-hydrogen) atoms. The van der Waals surface area contributed by atoms with Gasteiger partial charge in [0.25, 0.3) is 5.69 Å². The largest absolute Gasteiger partial charge is 0.380 e. The number of hydrogen-bond acceptors (Lipinski definition) is 6. The molecule has 136 valence electrons. The molecule has 0 aromatic heterocycles. The van der Waals surface area contributed by atoms with E-state index in [2.05, 4.69) is 0 Å². The summed E-state index contributed by atoms with van der Waals surface area (Å²) in [4.78, 5) is 10.5. The molecule has 0 unspecified atom stereocenters. The van der Waals surface area contributed by atoms with Crippen molar-refractivity contribution in [2.24, 2.45) is 0 Å². The molecule has 0 aliphatic rings. The SMILES string of the molecule is CCOCCN(CCOCC)S(=O)(=O)Cc1ccccc1[N+](=O)[O-]. The molecule has 0 amide bonds. The van der Waals surface area contributed by atoms with Gasteiger partial charge in [0.1, 0.15) is 0 Å². The summed E-state index contributed by atoms with van der Waals surface area (Å²) in [6, 6.07) is 5.85. The summed E-state index contributed by atoms with van der Waals surface area (Å²) in [7, 11) is -3.72. The Morgan fingerprint density at radius 3 is 2.12 bits per heavy atom. The van der Waals surface area contributed by atoms with Crippen LogP contribution in [-0.4, -0.2) is 57.2 Å². The third-order valence-electron chi connectivity index (χ3n) is 3.30. The molecule has 0 fully saturated rings. The molecule has 0 aliphatic carbocycles. The second-order valence-corrected chi connectivity index (χ2v) is 6.90. The lowest BCUT2D eigenvalue weighted by Crippen LogP contribution is -2.37. The Balaban J connectivity index is 2.91. The first-order valence-corrected chi connectivity index (χ1v) is 9.38. The van der Waals surface area contributed by atoms with Crippen molar-refractivity contribution in [3.8, 4) is 0 Å². The first kappa shape index (κ1) is 20.5. The standard InChI is InChI=1S/C15H24N2O6S/c1-3-22-11-9-16(10-12-23-4-2)24(20,21)13-14-7-5-6-8-15(14)17(18)19/h5-8H,3-4,9-13H2,1-2H3. The molecule has 9 heteroatoms. The number of benzene rings is 1. The fourth-order valence-corrected chi connectivity index (χ4v) is 3.64. The molecule has 0 saturated carbocycles. The highest BCUT2D eigenvalue weighted by atomic mass is 32.2. The normalized spacial score (nSPS) is 11.8. The zero-order valence-corrected chi connectivity index (χ0v) is 14.8. The van der Waals surface area contributed by atoms with E-state index in [0.29, 0.717) is 13.2 Å². The number of para-hydroxylation sites is 1. The van der Waals surface area contributed by atoms with Gasteiger partial charge in [-0.2, -0.15) is 4.31 Å². The van der Waals surface area contributed by atoms with Crippen LogP contribution in [0.3, 0.4) is 0 Å². The van der Waals surface area contributed by atoms with Gasteiger partial charge in [0.2, 0.25) is 10.0 Å². The van der Waals surface area contributed by atoms with Gasteiger partial charge in [-0.25, -0.2) is 8.42 Å². The highest BCUT2D eigenvalue weighted by Crippen LogP contribution is 2.21. The minimum atomic E-state index is -3.72. The van der Waals surface area contributed by atoms with E-state index in [-0.39, 0.29) is 37.6 Å². The van der Waals surface area contributed by atoms with Gasteiger partial charge in [0.15, 0.2) is 0 Å². The van der Waals surface area contributed by atoms with E-state index in [1.165, 1.54) is 22.5 Å². The summed E-state index contributed by atoms with van der Waals surface area (Å²) in [6.07, 6.45) is 0. The van der Waals surface area contributed by atoms with E-state index in [0.717, 1.165) is 0 Å². The van der Waals surface area contributed by atoms with Gasteiger partial charge in [-0.15, -0.1) is 0 Å². The van der Waals surface area contributed by atoms with E-state index in [1.807, 2.05) is 13.8 Å². The quantitative estimate of drug-likeness (QED) is 0.320. The van der Waals surface area contributed by atoms with Crippen molar-refractivity contribution in [2.75, 3.05) is 39.5 Å². The van der Waals surface area contributed by atoms with Crippen molar-refractivity contribution in [3.63, 3.8) is 0 Å². The minimum absolute atomic E-state index is 0.167. The Hall–Kier alpha value is -1.55. The maximum absolute atomic E-state index is 12.7. The smallest absolute Gasteiger partial charge is 0.273 e. The lowest BCUT2D eigenvalue weighted by molar-refractivity contribution is -0.385. The van der Waals surface area contributed by atoms with Gasteiger partial charge in [-0.1, -0.05) is 18.2 Å². The predicted octanol–water partition coefficient (Wildman–Crippen LogP) is 1.80. The predicted molar refractivity (Wildman–Crippen MR) is 90.3 cm³/mol. The van der Waals surface area contributed by atoms with Crippen LogP contribution >= 0.6 is 0 Å². The zero-order valence-electron chi connectivity index (χ0n) is 14.0. The molecule has 0 spiro atoms. The minimum Gasteiger partial charge on any atom is -0.380 e. The Morgan fingerprint density at radius 2 is 1.62 bits per heavy atom. The van der Waals surface area contributed by atoms with Gasteiger partial charge < -0.3 is 9.47 Å². The molecule has 1 rings (SSSR count). The fourth-order valence-electron chi connectivity index (χ4n) is 2.11. The molecular weight excluding hydrogens is 336 g/mol. The van der Waals surface area contributed by atoms with Crippen LogP contribution in [0, 0.1) is 10.1 Å². The highest BCUT2D eigenvalue weighted by molar-refractivity contribution is 7.88. The van der Waals surface area contributed by atoms with Crippen molar-refractivity contribution < 1.29 is 22.8 Å². The fraction of sp³-hybridized carbons (Fsp3) is 0.600. The summed E-state index contributed by atoms with van der Waals surface area (Å²) in [6.45, 7) is 5.52. The summed E-state index contributed by atoms with van der Waals surface area (Å²) in [5.41, 5.74) is -0.0315. The lowest BCUT2D eigenvalue weighted by Gasteiger charge is -2.22. The highest BCUT2D eigenvalue weighted by Gasteiger charge is 2.25. The summed E-state index contributed by atoms with van der Waals surface area (Å²) < 4.78 is 37.0. The Kier molecular flexibility index (Phi) is 8.83. The van der Waals surface area contributed by atoms with Crippen LogP contribution < -0.4 is 0 Å². The maximum atomic E-state index is 12.7. The molecular formula is C15H24N2O6S. The molecule has 1 aromatic carbocycles. The Bertz CT molecular complexity index is 610. The molecule has 0 bridgehead atoms. The average molecular weight is 360 g/mol. The van der Waals surface area contributed by atoms with Gasteiger partial charge in [-0.05, 0) is 13.8 Å². The number of nitro groups is 1. The van der Waals surface area contributed by atoms with Crippen LogP contribution in [0.25, 0.3) is 0 Å². The lowest BCUT2D eigenvalue weighted by atomic mass is 10.2. The molecule has 8 nitrogen and oxygen atoms in total. The number of ether oxygens (including phenoxy) is 2. The first-order valence-electron chi connectivity index (χ1n) is 7.78. The summed E-state index contributed by atoms with van der Waals surface area (Å²) in [5.74, 6) is -0.428. The van der Waals surface area contributed by atoms with Crippen molar-refractivity contribution in [3.05, 3.63) is 39.9 Å². The molecule has 0 N–H and O–H groups in total. The van der Waals surface area contributed by atoms with Gasteiger partial charge >= 0.3 is 0 Å². The molecule has 0 saturated heterocycles. The third-order valence-corrected chi connectivity index (χ3v) is 5.13. The van der Waals surface area contributed by atoms with E-state index >= 15 is 0 Å². The molecule has 0 aliphatic heterocycles. The van der Waals surface area contributed by atoms with Crippen molar-refractivity contribution in [1.29, 1.82) is 0 Å². The number of rotatable bonds is 12. The topological polar surface area (TPSA) is 99.0 Å². The Labute approximate surface area is 142 Å². The zero-order chi connectivity index (χ0) is 18.0. The first-order chi connectivity index (χ1) is 11.4. The van der Waals surface area contributed by atoms with Crippen molar-refractivity contribution >= 4 is 15.7 Å². The van der Waals surface area contributed by atoms with E-state index in [9.17, 15) is 18.5 Å². The molecule has 0 heterocycles. The molecule has 1 aromatic rings. The van der Waals surface area contributed by atoms with Crippen LogP contribution in [0.4, 0.5) is 5.69 Å². The van der Waals surface area contributed by atoms with E-state index in [1.54, 1.807) is 6.07 Å². The number of nitrogens with zero attached hydrogens (tertiary/aromatic N) is 2. The van der Waals surface area contributed by atoms with E-state index in [4.69, 9.17) is 9.47 Å². The van der Waals surface area contributed by atoms with Crippen LogP contribution in [0.5, 0.6) is 0 Å². The second-order valence-electron chi connectivity index (χ2n) is 4.93. The van der Waals surface area contributed by atoms with Gasteiger partial charge in [-0.3, -0.25) is 10.1 Å². The van der Waals surface area contributed by atoms with Crippen molar-refractivity contribution in [1.82, 2.24) is 4.31 Å². The van der Waals surface area contributed by atoms with Crippen LogP contribution in [0.15, 0.2) is 24.3 Å². The van der Waals surface area contributed by atoms with Gasteiger partial charge in [0.05, 0.1) is 23.9 Å².